The predicted molar refractivity (Wildman–Crippen MR) is 142 cm³/mol. The zero-order chi connectivity index (χ0) is 25.5. The largest absolute Gasteiger partial charge is 0.487 e. The molecule has 0 saturated carbocycles. The molecule has 5 rings (SSSR count). The fourth-order valence-electron chi connectivity index (χ4n) is 5.19. The van der Waals surface area contributed by atoms with E-state index >= 15 is 0 Å². The molecule has 0 atom stereocenters. The highest BCUT2D eigenvalue weighted by Crippen LogP contribution is 2.24. The number of carbonyl (C=O) groups excluding carboxylic acids is 1. The molecule has 2 aliphatic rings. The summed E-state index contributed by atoms with van der Waals surface area (Å²) in [6.07, 6.45) is 7.07. The summed E-state index contributed by atoms with van der Waals surface area (Å²) >= 11 is 0. The van der Waals surface area contributed by atoms with Crippen LogP contribution in [-0.4, -0.2) is 59.0 Å². The Labute approximate surface area is 218 Å². The molecule has 1 aromatic heterocycles. The molecule has 0 unspecified atom stereocenters. The van der Waals surface area contributed by atoms with Gasteiger partial charge < -0.3 is 10.1 Å². The molecule has 1 amide bonds. The van der Waals surface area contributed by atoms with E-state index < -0.39 is 5.82 Å². The molecule has 194 valence electrons. The third-order valence-corrected chi connectivity index (χ3v) is 7.35. The summed E-state index contributed by atoms with van der Waals surface area (Å²) in [5.74, 6) is -0.487. The number of rotatable bonds is 8. The van der Waals surface area contributed by atoms with E-state index in [1.165, 1.54) is 17.2 Å². The highest BCUT2D eigenvalue weighted by molar-refractivity contribution is 5.94. The van der Waals surface area contributed by atoms with Gasteiger partial charge >= 0.3 is 0 Å². The summed E-state index contributed by atoms with van der Waals surface area (Å²) in [7, 11) is 0. The van der Waals surface area contributed by atoms with E-state index in [0.717, 1.165) is 65.0 Å². The van der Waals surface area contributed by atoms with Crippen LogP contribution in [0.15, 0.2) is 73.1 Å². The molecule has 37 heavy (non-hydrogen) atoms. The number of nitrogens with one attached hydrogen (secondary N) is 1. The maximum absolute atomic E-state index is 14.8. The molecule has 0 bridgehead atoms. The van der Waals surface area contributed by atoms with Crippen LogP contribution >= 0.6 is 0 Å². The van der Waals surface area contributed by atoms with Crippen molar-refractivity contribution in [2.75, 3.05) is 26.2 Å². The Morgan fingerprint density at radius 1 is 0.865 bits per heavy atom. The standard InChI is InChI=1S/C30H35FN4O2/c31-28-20-25(30(36)33-26-10-16-34(17-11-26)21-23-4-2-1-3-5-23)6-7-29(28)37-27-12-18-35(19-13-27)22-24-8-14-32-15-9-24/h1-9,14-15,20,26-27H,10-13,16-19,21-22H2,(H,33,36). The Morgan fingerprint density at radius 3 is 2.14 bits per heavy atom. The maximum atomic E-state index is 14.8. The Hall–Kier alpha value is -3.29. The summed E-state index contributed by atoms with van der Waals surface area (Å²) in [4.78, 5) is 21.6. The molecular weight excluding hydrogens is 467 g/mol. The van der Waals surface area contributed by atoms with Crippen molar-refractivity contribution in [2.24, 2.45) is 0 Å². The Bertz CT molecular complexity index is 1140. The van der Waals surface area contributed by atoms with Gasteiger partial charge in [0.2, 0.25) is 0 Å². The van der Waals surface area contributed by atoms with Crippen molar-refractivity contribution in [2.45, 2.75) is 50.9 Å². The molecule has 1 N–H and O–H groups in total. The molecule has 0 aliphatic carbocycles. The second-order valence-corrected chi connectivity index (χ2v) is 10.1. The zero-order valence-electron chi connectivity index (χ0n) is 21.2. The van der Waals surface area contributed by atoms with Crippen LogP contribution in [0.5, 0.6) is 5.75 Å². The van der Waals surface area contributed by atoms with E-state index in [0.29, 0.717) is 5.56 Å². The van der Waals surface area contributed by atoms with E-state index in [9.17, 15) is 9.18 Å². The molecule has 3 aromatic rings. The quantitative estimate of drug-likeness (QED) is 0.486. The van der Waals surface area contributed by atoms with Gasteiger partial charge in [-0.25, -0.2) is 4.39 Å². The first-order chi connectivity index (χ1) is 18.1. The van der Waals surface area contributed by atoms with Gasteiger partial charge in [-0.15, -0.1) is 0 Å². The molecule has 0 radical (unpaired) electrons. The number of benzene rings is 2. The Balaban J connectivity index is 1.06. The SMILES string of the molecule is O=C(NC1CCN(Cc2ccccc2)CC1)c1ccc(OC2CCN(Cc3ccncc3)CC2)c(F)c1. The van der Waals surface area contributed by atoms with Crippen molar-refractivity contribution >= 4 is 5.91 Å². The van der Waals surface area contributed by atoms with Gasteiger partial charge in [0, 0.05) is 63.3 Å². The summed E-state index contributed by atoms with van der Waals surface area (Å²) in [6, 6.07) is 19.2. The van der Waals surface area contributed by atoms with Crippen molar-refractivity contribution < 1.29 is 13.9 Å². The minimum atomic E-state index is -0.482. The first-order valence-corrected chi connectivity index (χ1v) is 13.3. The number of carbonyl (C=O) groups is 1. The van der Waals surface area contributed by atoms with Crippen LogP contribution in [0.3, 0.4) is 0 Å². The van der Waals surface area contributed by atoms with Gasteiger partial charge in [0.05, 0.1) is 0 Å². The van der Waals surface area contributed by atoms with Crippen molar-refractivity contribution in [3.8, 4) is 5.75 Å². The van der Waals surface area contributed by atoms with E-state index in [1.54, 1.807) is 12.1 Å². The number of halogens is 1. The monoisotopic (exact) mass is 502 g/mol. The van der Waals surface area contributed by atoms with E-state index in [4.69, 9.17) is 4.74 Å². The van der Waals surface area contributed by atoms with Gasteiger partial charge in [-0.05, 0) is 67.1 Å². The van der Waals surface area contributed by atoms with Gasteiger partial charge in [-0.3, -0.25) is 19.6 Å². The number of aromatic nitrogens is 1. The molecule has 2 aromatic carbocycles. The van der Waals surface area contributed by atoms with Crippen LogP contribution in [0.1, 0.15) is 47.2 Å². The van der Waals surface area contributed by atoms with Gasteiger partial charge in [0.1, 0.15) is 6.10 Å². The summed E-state index contributed by atoms with van der Waals surface area (Å²) in [6.45, 7) is 5.49. The topological polar surface area (TPSA) is 57.7 Å². The minimum absolute atomic E-state index is 0.0241. The van der Waals surface area contributed by atoms with E-state index in [1.807, 2.05) is 30.6 Å². The number of ether oxygens (including phenoxy) is 1. The summed E-state index contributed by atoms with van der Waals surface area (Å²) in [5.41, 5.74) is 2.88. The summed E-state index contributed by atoms with van der Waals surface area (Å²) in [5, 5.41) is 3.09. The van der Waals surface area contributed by atoms with Crippen molar-refractivity contribution in [1.82, 2.24) is 20.1 Å². The Kier molecular flexibility index (Phi) is 8.43. The fraction of sp³-hybridized carbons (Fsp3) is 0.400. The van der Waals surface area contributed by atoms with Crippen LogP contribution in [0, 0.1) is 5.82 Å². The van der Waals surface area contributed by atoms with Crippen LogP contribution in [-0.2, 0) is 13.1 Å². The highest BCUT2D eigenvalue weighted by Gasteiger charge is 2.24. The molecular formula is C30H35FN4O2. The normalized spacial score (nSPS) is 18.0. The van der Waals surface area contributed by atoms with Crippen LogP contribution in [0.4, 0.5) is 4.39 Å². The number of likely N-dealkylation sites (tertiary alicyclic amines) is 2. The van der Waals surface area contributed by atoms with Gasteiger partial charge in [-0.2, -0.15) is 0 Å². The van der Waals surface area contributed by atoms with Crippen molar-refractivity contribution in [3.05, 3.63) is 95.6 Å². The number of pyridine rings is 1. The number of nitrogens with zero attached hydrogens (tertiary/aromatic N) is 3. The lowest BCUT2D eigenvalue weighted by molar-refractivity contribution is 0.0904. The second-order valence-electron chi connectivity index (χ2n) is 10.1. The molecule has 0 spiro atoms. The minimum Gasteiger partial charge on any atom is -0.487 e. The molecule has 2 aliphatic heterocycles. The van der Waals surface area contributed by atoms with E-state index in [-0.39, 0.29) is 23.8 Å². The maximum Gasteiger partial charge on any atom is 0.251 e. The third kappa shape index (κ3) is 7.14. The van der Waals surface area contributed by atoms with E-state index in [2.05, 4.69) is 44.4 Å². The first-order valence-electron chi connectivity index (χ1n) is 13.3. The smallest absolute Gasteiger partial charge is 0.251 e. The molecule has 6 nitrogen and oxygen atoms in total. The number of hydrogen-bond acceptors (Lipinski definition) is 5. The van der Waals surface area contributed by atoms with Gasteiger partial charge in [-0.1, -0.05) is 30.3 Å². The second kappa shape index (κ2) is 12.3. The lowest BCUT2D eigenvalue weighted by atomic mass is 10.0. The summed E-state index contributed by atoms with van der Waals surface area (Å²) < 4.78 is 20.8. The average molecular weight is 503 g/mol. The Morgan fingerprint density at radius 2 is 1.49 bits per heavy atom. The van der Waals surface area contributed by atoms with Gasteiger partial charge in [0.25, 0.3) is 5.91 Å². The first kappa shape index (κ1) is 25.4. The molecule has 2 fully saturated rings. The fourth-order valence-corrected chi connectivity index (χ4v) is 5.19. The molecule has 3 heterocycles. The molecule has 7 heteroatoms. The van der Waals surface area contributed by atoms with Crippen LogP contribution < -0.4 is 10.1 Å². The zero-order valence-corrected chi connectivity index (χ0v) is 21.2. The van der Waals surface area contributed by atoms with Crippen molar-refractivity contribution in [1.29, 1.82) is 0 Å². The number of amides is 1. The van der Waals surface area contributed by atoms with Gasteiger partial charge in [0.15, 0.2) is 11.6 Å². The average Bonchev–Trinajstić information content (AvgIpc) is 2.93. The lowest BCUT2D eigenvalue weighted by Gasteiger charge is -2.32. The lowest BCUT2D eigenvalue weighted by Crippen LogP contribution is -2.44. The van der Waals surface area contributed by atoms with Crippen LogP contribution in [0.2, 0.25) is 0 Å². The third-order valence-electron chi connectivity index (χ3n) is 7.35. The predicted octanol–water partition coefficient (Wildman–Crippen LogP) is 4.66. The number of hydrogen-bond donors (Lipinski definition) is 1. The highest BCUT2D eigenvalue weighted by atomic mass is 19.1. The number of piperidine rings is 2. The van der Waals surface area contributed by atoms with Crippen molar-refractivity contribution in [3.63, 3.8) is 0 Å². The molecule has 2 saturated heterocycles. The van der Waals surface area contributed by atoms with Crippen LogP contribution in [0.25, 0.3) is 0 Å².